The van der Waals surface area contributed by atoms with Gasteiger partial charge in [0.15, 0.2) is 5.69 Å². The van der Waals surface area contributed by atoms with E-state index in [1.807, 2.05) is 6.92 Å². The molecule has 1 aliphatic rings. The second-order valence-corrected chi connectivity index (χ2v) is 4.88. The molecular weight excluding hydrogens is 248 g/mol. The highest BCUT2D eigenvalue weighted by Gasteiger charge is 2.29. The minimum atomic E-state index is -0.857. The highest BCUT2D eigenvalue weighted by atomic mass is 16.4. The summed E-state index contributed by atoms with van der Waals surface area (Å²) in [5.74, 6) is -1.23. The van der Waals surface area contributed by atoms with Gasteiger partial charge in [-0.1, -0.05) is 18.1 Å². The van der Waals surface area contributed by atoms with E-state index in [0.29, 0.717) is 18.9 Å². The van der Waals surface area contributed by atoms with Gasteiger partial charge in [0.1, 0.15) is 0 Å². The second kappa shape index (κ2) is 5.81. The van der Waals surface area contributed by atoms with Crippen LogP contribution >= 0.6 is 0 Å². The van der Waals surface area contributed by atoms with Crippen LogP contribution in [0.4, 0.5) is 0 Å². The molecule has 19 heavy (non-hydrogen) atoms. The maximum atomic E-state index is 11.8. The molecule has 1 aliphatic carbocycles. The van der Waals surface area contributed by atoms with Gasteiger partial charge in [0.05, 0.1) is 12.1 Å². The minimum Gasteiger partial charge on any atom is -0.481 e. The number of carbonyl (C=O) groups is 2. The standard InChI is InChI=1S/C12H18N4O3/c1-2-16-7-10(14-15-16)11(17)13-6-9(12(18)19)5-8-3-4-8/h7-9H,2-6H2,1H3,(H,13,17)(H,18,19). The molecular formula is C12H18N4O3. The molecule has 7 nitrogen and oxygen atoms in total. The van der Waals surface area contributed by atoms with Crippen molar-refractivity contribution in [1.29, 1.82) is 0 Å². The number of hydrogen-bond donors (Lipinski definition) is 2. The van der Waals surface area contributed by atoms with E-state index in [4.69, 9.17) is 5.11 Å². The molecule has 1 heterocycles. The lowest BCUT2D eigenvalue weighted by Gasteiger charge is -2.11. The summed E-state index contributed by atoms with van der Waals surface area (Å²) in [6.07, 6.45) is 4.38. The predicted octanol–water partition coefficient (Wildman–Crippen LogP) is 0.529. The van der Waals surface area contributed by atoms with Crippen LogP contribution in [0.2, 0.25) is 0 Å². The fourth-order valence-corrected chi connectivity index (χ4v) is 1.89. The van der Waals surface area contributed by atoms with Crippen molar-refractivity contribution in [3.8, 4) is 0 Å². The molecule has 0 aliphatic heterocycles. The van der Waals surface area contributed by atoms with Crippen molar-refractivity contribution in [1.82, 2.24) is 20.3 Å². The van der Waals surface area contributed by atoms with E-state index in [-0.39, 0.29) is 18.1 Å². The van der Waals surface area contributed by atoms with Gasteiger partial charge in [-0.15, -0.1) is 5.10 Å². The lowest BCUT2D eigenvalue weighted by molar-refractivity contribution is -0.141. The number of nitrogens with zero attached hydrogens (tertiary/aromatic N) is 3. The van der Waals surface area contributed by atoms with Gasteiger partial charge in [0, 0.05) is 13.1 Å². The van der Waals surface area contributed by atoms with Gasteiger partial charge in [0.2, 0.25) is 0 Å². The summed E-state index contributed by atoms with van der Waals surface area (Å²) in [7, 11) is 0. The molecule has 0 radical (unpaired) electrons. The molecule has 104 valence electrons. The van der Waals surface area contributed by atoms with Crippen LogP contribution in [0.3, 0.4) is 0 Å². The summed E-state index contributed by atoms with van der Waals surface area (Å²) in [4.78, 5) is 22.9. The molecule has 1 aromatic heterocycles. The monoisotopic (exact) mass is 266 g/mol. The Labute approximate surface area is 111 Å². The van der Waals surface area contributed by atoms with E-state index >= 15 is 0 Å². The normalized spacial score (nSPS) is 16.1. The number of carboxylic acids is 1. The topological polar surface area (TPSA) is 97.1 Å². The number of hydrogen-bond acceptors (Lipinski definition) is 4. The van der Waals surface area contributed by atoms with E-state index < -0.39 is 11.9 Å². The first kappa shape index (κ1) is 13.5. The van der Waals surface area contributed by atoms with Gasteiger partial charge >= 0.3 is 5.97 Å². The van der Waals surface area contributed by atoms with Crippen LogP contribution < -0.4 is 5.32 Å². The molecule has 0 saturated heterocycles. The van der Waals surface area contributed by atoms with Crippen molar-refractivity contribution < 1.29 is 14.7 Å². The first-order chi connectivity index (χ1) is 9.10. The first-order valence-corrected chi connectivity index (χ1v) is 6.51. The predicted molar refractivity (Wildman–Crippen MR) is 66.5 cm³/mol. The smallest absolute Gasteiger partial charge is 0.308 e. The Balaban J connectivity index is 1.85. The molecule has 1 fully saturated rings. The van der Waals surface area contributed by atoms with E-state index in [2.05, 4.69) is 15.6 Å². The van der Waals surface area contributed by atoms with Gasteiger partial charge in [-0.25, -0.2) is 0 Å². The maximum Gasteiger partial charge on any atom is 0.308 e. The van der Waals surface area contributed by atoms with Crippen LogP contribution in [-0.2, 0) is 11.3 Å². The van der Waals surface area contributed by atoms with Crippen LogP contribution in [0.5, 0.6) is 0 Å². The first-order valence-electron chi connectivity index (χ1n) is 6.51. The fraction of sp³-hybridized carbons (Fsp3) is 0.667. The second-order valence-electron chi connectivity index (χ2n) is 4.88. The number of aryl methyl sites for hydroxylation is 1. The van der Waals surface area contributed by atoms with Gasteiger partial charge in [-0.3, -0.25) is 14.3 Å². The highest BCUT2D eigenvalue weighted by molar-refractivity contribution is 5.92. The fourth-order valence-electron chi connectivity index (χ4n) is 1.89. The molecule has 1 amide bonds. The Hall–Kier alpha value is -1.92. The Morgan fingerprint density at radius 3 is 2.84 bits per heavy atom. The summed E-state index contributed by atoms with van der Waals surface area (Å²) < 4.78 is 1.55. The average molecular weight is 266 g/mol. The number of carbonyl (C=O) groups excluding carboxylic acids is 1. The van der Waals surface area contributed by atoms with Crippen LogP contribution in [-0.4, -0.2) is 38.5 Å². The zero-order chi connectivity index (χ0) is 13.8. The molecule has 0 spiro atoms. The molecule has 1 saturated carbocycles. The molecule has 1 aromatic rings. The van der Waals surface area contributed by atoms with Crippen LogP contribution in [0.1, 0.15) is 36.7 Å². The molecule has 1 unspecified atom stereocenters. The van der Waals surface area contributed by atoms with Crippen molar-refractivity contribution in [2.75, 3.05) is 6.54 Å². The lowest BCUT2D eigenvalue weighted by Crippen LogP contribution is -2.33. The van der Waals surface area contributed by atoms with Crippen LogP contribution in [0.25, 0.3) is 0 Å². The molecule has 1 atom stereocenters. The summed E-state index contributed by atoms with van der Waals surface area (Å²) >= 11 is 0. The van der Waals surface area contributed by atoms with Gasteiger partial charge in [-0.2, -0.15) is 0 Å². The van der Waals surface area contributed by atoms with Crippen molar-refractivity contribution in [2.24, 2.45) is 11.8 Å². The molecule has 0 aromatic carbocycles. The van der Waals surface area contributed by atoms with Crippen molar-refractivity contribution in [2.45, 2.75) is 32.7 Å². The Morgan fingerprint density at radius 2 is 2.32 bits per heavy atom. The number of nitrogens with one attached hydrogen (secondary N) is 1. The minimum absolute atomic E-state index is 0.143. The number of amides is 1. The SMILES string of the molecule is CCn1cc(C(=O)NCC(CC2CC2)C(=O)O)nn1. The van der Waals surface area contributed by atoms with Crippen molar-refractivity contribution >= 4 is 11.9 Å². The third-order valence-electron chi connectivity index (χ3n) is 3.27. The average Bonchev–Trinajstić information content (AvgIpc) is 3.07. The molecule has 7 heteroatoms. The van der Waals surface area contributed by atoms with Crippen molar-refractivity contribution in [3.05, 3.63) is 11.9 Å². The number of aromatic nitrogens is 3. The third-order valence-corrected chi connectivity index (χ3v) is 3.27. The summed E-state index contributed by atoms with van der Waals surface area (Å²) in [5.41, 5.74) is 0.220. The van der Waals surface area contributed by atoms with Gasteiger partial charge < -0.3 is 10.4 Å². The molecule has 2 rings (SSSR count). The Kier molecular flexibility index (Phi) is 4.13. The molecule has 0 bridgehead atoms. The van der Waals surface area contributed by atoms with E-state index in [0.717, 1.165) is 12.8 Å². The van der Waals surface area contributed by atoms with E-state index in [1.165, 1.54) is 0 Å². The summed E-state index contributed by atoms with van der Waals surface area (Å²) in [6, 6.07) is 0. The Morgan fingerprint density at radius 1 is 1.58 bits per heavy atom. The summed E-state index contributed by atoms with van der Waals surface area (Å²) in [5, 5.41) is 19.2. The van der Waals surface area contributed by atoms with Crippen LogP contribution in [0, 0.1) is 11.8 Å². The maximum absolute atomic E-state index is 11.8. The van der Waals surface area contributed by atoms with Gasteiger partial charge in [-0.05, 0) is 19.3 Å². The lowest BCUT2D eigenvalue weighted by atomic mass is 10.0. The zero-order valence-corrected chi connectivity index (χ0v) is 10.9. The van der Waals surface area contributed by atoms with E-state index in [9.17, 15) is 9.59 Å². The highest BCUT2D eigenvalue weighted by Crippen LogP contribution is 2.35. The Bertz CT molecular complexity index is 467. The number of rotatable bonds is 7. The van der Waals surface area contributed by atoms with Gasteiger partial charge in [0.25, 0.3) is 5.91 Å². The quantitative estimate of drug-likeness (QED) is 0.750. The summed E-state index contributed by atoms with van der Waals surface area (Å²) in [6.45, 7) is 2.68. The third kappa shape index (κ3) is 3.77. The number of carboxylic acid groups (broad SMARTS) is 1. The van der Waals surface area contributed by atoms with Crippen LogP contribution in [0.15, 0.2) is 6.20 Å². The zero-order valence-electron chi connectivity index (χ0n) is 10.9. The van der Waals surface area contributed by atoms with Crippen molar-refractivity contribution in [3.63, 3.8) is 0 Å². The number of aliphatic carboxylic acids is 1. The largest absolute Gasteiger partial charge is 0.481 e. The van der Waals surface area contributed by atoms with E-state index in [1.54, 1.807) is 10.9 Å². The molecule has 2 N–H and O–H groups in total.